The summed E-state index contributed by atoms with van der Waals surface area (Å²) in [5, 5.41) is 3.32. The molecule has 1 aliphatic heterocycles. The summed E-state index contributed by atoms with van der Waals surface area (Å²) in [6.07, 6.45) is 2.18. The molecule has 36 heavy (non-hydrogen) atoms. The summed E-state index contributed by atoms with van der Waals surface area (Å²) in [6.45, 7) is 4.77. The molecule has 3 aromatic rings. The summed E-state index contributed by atoms with van der Waals surface area (Å²) in [7, 11) is 0. The Morgan fingerprint density at radius 1 is 0.972 bits per heavy atom. The van der Waals surface area contributed by atoms with Gasteiger partial charge in [-0.3, -0.25) is 4.79 Å². The van der Waals surface area contributed by atoms with Gasteiger partial charge in [-0.25, -0.2) is 4.79 Å². The van der Waals surface area contributed by atoms with Crippen molar-refractivity contribution in [3.8, 4) is 5.75 Å². The molecule has 1 aliphatic rings. The second kappa shape index (κ2) is 12.2. The highest BCUT2D eigenvalue weighted by Gasteiger charge is 2.21. The quantitative estimate of drug-likeness (QED) is 0.375. The van der Waals surface area contributed by atoms with Crippen LogP contribution in [0.2, 0.25) is 0 Å². The van der Waals surface area contributed by atoms with Crippen LogP contribution in [0.4, 0.5) is 17.1 Å². The minimum Gasteiger partial charge on any atom is -0.491 e. The van der Waals surface area contributed by atoms with Crippen LogP contribution in [0.5, 0.6) is 5.75 Å². The molecule has 1 N–H and O–H groups in total. The van der Waals surface area contributed by atoms with Gasteiger partial charge in [0.15, 0.2) is 6.61 Å². The number of carbonyl (C=O) groups excluding carboxylic acids is 2. The maximum atomic E-state index is 13.0. The molecule has 1 heterocycles. The van der Waals surface area contributed by atoms with Gasteiger partial charge in [-0.2, -0.15) is 0 Å². The number of amides is 1. The van der Waals surface area contributed by atoms with Crippen molar-refractivity contribution in [1.29, 1.82) is 0 Å². The molecule has 4 rings (SSSR count). The van der Waals surface area contributed by atoms with Gasteiger partial charge >= 0.3 is 5.97 Å². The molecule has 7 heteroatoms. The van der Waals surface area contributed by atoms with Gasteiger partial charge in [-0.15, -0.1) is 0 Å². The molecule has 1 atom stereocenters. The van der Waals surface area contributed by atoms with Crippen molar-refractivity contribution in [2.45, 2.75) is 38.8 Å². The zero-order valence-electron chi connectivity index (χ0n) is 20.7. The number of benzene rings is 3. The third-order valence-corrected chi connectivity index (χ3v) is 5.87. The zero-order chi connectivity index (χ0) is 25.3. The lowest BCUT2D eigenvalue weighted by Gasteiger charge is -2.27. The van der Waals surface area contributed by atoms with Crippen LogP contribution in [0.3, 0.4) is 0 Å². The summed E-state index contributed by atoms with van der Waals surface area (Å²) in [4.78, 5) is 27.1. The summed E-state index contributed by atoms with van der Waals surface area (Å²) < 4.78 is 16.6. The second-order valence-electron chi connectivity index (χ2n) is 8.94. The summed E-state index contributed by atoms with van der Waals surface area (Å²) in [5.74, 6) is -0.187. The molecule has 0 bridgehead atoms. The van der Waals surface area contributed by atoms with E-state index in [0.717, 1.165) is 36.5 Å². The van der Waals surface area contributed by atoms with Crippen molar-refractivity contribution in [1.82, 2.24) is 0 Å². The van der Waals surface area contributed by atoms with E-state index in [2.05, 4.69) is 5.32 Å². The highest BCUT2D eigenvalue weighted by molar-refractivity contribution is 5.97. The van der Waals surface area contributed by atoms with Gasteiger partial charge in [-0.05, 0) is 87.4 Å². The third-order valence-electron chi connectivity index (χ3n) is 5.87. The minimum atomic E-state index is -0.555. The fourth-order valence-electron chi connectivity index (χ4n) is 4.06. The molecule has 1 fully saturated rings. The molecule has 1 amide bonds. The summed E-state index contributed by atoms with van der Waals surface area (Å²) in [5.41, 5.74) is 2.99. The van der Waals surface area contributed by atoms with Crippen LogP contribution < -0.4 is 15.0 Å². The Morgan fingerprint density at radius 2 is 1.67 bits per heavy atom. The molecular weight excluding hydrogens is 456 g/mol. The molecule has 3 aromatic carbocycles. The fourth-order valence-corrected chi connectivity index (χ4v) is 4.06. The Labute approximate surface area is 212 Å². The van der Waals surface area contributed by atoms with E-state index in [0.29, 0.717) is 17.9 Å². The predicted molar refractivity (Wildman–Crippen MR) is 140 cm³/mol. The van der Waals surface area contributed by atoms with Crippen LogP contribution in [0.15, 0.2) is 78.9 Å². The number of para-hydroxylation sites is 1. The number of anilines is 3. The van der Waals surface area contributed by atoms with Crippen LogP contribution in [0.25, 0.3) is 0 Å². The minimum absolute atomic E-state index is 0.107. The van der Waals surface area contributed by atoms with Crippen LogP contribution in [-0.4, -0.2) is 43.8 Å². The molecular formula is C29H32N2O5. The van der Waals surface area contributed by atoms with Gasteiger partial charge in [0.2, 0.25) is 0 Å². The van der Waals surface area contributed by atoms with Crippen molar-refractivity contribution in [2.24, 2.45) is 0 Å². The molecule has 7 nitrogen and oxygen atoms in total. The first-order valence-corrected chi connectivity index (χ1v) is 12.3. The Balaban J connectivity index is 1.30. The van der Waals surface area contributed by atoms with E-state index in [1.54, 1.807) is 29.2 Å². The average Bonchev–Trinajstić information content (AvgIpc) is 3.42. The second-order valence-corrected chi connectivity index (χ2v) is 8.94. The summed E-state index contributed by atoms with van der Waals surface area (Å²) >= 11 is 0. The van der Waals surface area contributed by atoms with Crippen molar-refractivity contribution >= 4 is 28.9 Å². The van der Waals surface area contributed by atoms with Gasteiger partial charge in [-0.1, -0.05) is 18.2 Å². The topological polar surface area (TPSA) is 77.1 Å². The lowest BCUT2D eigenvalue weighted by atomic mass is 10.2. The van der Waals surface area contributed by atoms with E-state index >= 15 is 0 Å². The Morgan fingerprint density at radius 3 is 2.31 bits per heavy atom. The monoisotopic (exact) mass is 488 g/mol. The van der Waals surface area contributed by atoms with Gasteiger partial charge in [0.05, 0.1) is 11.7 Å². The van der Waals surface area contributed by atoms with Crippen molar-refractivity contribution in [3.05, 3.63) is 84.4 Å². The van der Waals surface area contributed by atoms with E-state index < -0.39 is 5.97 Å². The molecule has 188 valence electrons. The normalized spacial score (nSPS) is 14.9. The molecule has 0 saturated carbocycles. The van der Waals surface area contributed by atoms with E-state index in [1.165, 1.54) is 0 Å². The number of ether oxygens (including phenoxy) is 3. The lowest BCUT2D eigenvalue weighted by molar-refractivity contribution is -0.122. The number of nitrogens with zero attached hydrogens (tertiary/aromatic N) is 1. The van der Waals surface area contributed by atoms with Crippen molar-refractivity contribution in [3.63, 3.8) is 0 Å². The van der Waals surface area contributed by atoms with Crippen LogP contribution >= 0.6 is 0 Å². The zero-order valence-corrected chi connectivity index (χ0v) is 20.7. The molecule has 0 radical (unpaired) electrons. The number of esters is 1. The maximum Gasteiger partial charge on any atom is 0.338 e. The smallest absolute Gasteiger partial charge is 0.338 e. The number of nitrogens with one attached hydrogen (secondary N) is 1. The van der Waals surface area contributed by atoms with Crippen molar-refractivity contribution < 1.29 is 23.8 Å². The largest absolute Gasteiger partial charge is 0.491 e. The Bertz CT molecular complexity index is 1120. The lowest BCUT2D eigenvalue weighted by Crippen LogP contribution is -2.39. The van der Waals surface area contributed by atoms with Crippen LogP contribution in [-0.2, 0) is 14.3 Å². The highest BCUT2D eigenvalue weighted by Crippen LogP contribution is 2.23. The van der Waals surface area contributed by atoms with E-state index in [9.17, 15) is 9.59 Å². The van der Waals surface area contributed by atoms with Gasteiger partial charge in [0.25, 0.3) is 5.91 Å². The first-order chi connectivity index (χ1) is 17.5. The van der Waals surface area contributed by atoms with Crippen LogP contribution in [0, 0.1) is 0 Å². The first kappa shape index (κ1) is 25.3. The summed E-state index contributed by atoms with van der Waals surface area (Å²) in [6, 6.07) is 24.0. The fraction of sp³-hybridized carbons (Fsp3) is 0.310. The molecule has 1 saturated heterocycles. The Hall–Kier alpha value is -3.84. The molecule has 0 unspecified atom stereocenters. The number of hydrogen-bond acceptors (Lipinski definition) is 6. The van der Waals surface area contributed by atoms with Crippen LogP contribution in [0.1, 0.15) is 37.0 Å². The van der Waals surface area contributed by atoms with Gasteiger partial charge in [0, 0.05) is 29.7 Å². The molecule has 0 aromatic heterocycles. The van der Waals surface area contributed by atoms with Crippen molar-refractivity contribution in [2.75, 3.05) is 30.0 Å². The number of rotatable bonds is 10. The third kappa shape index (κ3) is 6.86. The van der Waals surface area contributed by atoms with Gasteiger partial charge in [0.1, 0.15) is 12.4 Å². The average molecular weight is 489 g/mol. The van der Waals surface area contributed by atoms with E-state index in [4.69, 9.17) is 14.2 Å². The standard InChI is InChI=1S/C29H32N2O5/c1-21(2)31(25-14-12-24(13-15-25)30-23-7-4-3-5-8-23)28(32)20-36-29(33)22-10-16-26(17-11-22)35-19-27-9-6-18-34-27/h3-5,7-8,10-17,21,27,30H,6,9,18-20H2,1-2H3/t27-/m0/s1. The first-order valence-electron chi connectivity index (χ1n) is 12.3. The highest BCUT2D eigenvalue weighted by atomic mass is 16.5. The molecule has 0 aliphatic carbocycles. The maximum absolute atomic E-state index is 13.0. The number of hydrogen-bond donors (Lipinski definition) is 1. The number of carbonyl (C=O) groups is 2. The van der Waals surface area contributed by atoms with Gasteiger partial charge < -0.3 is 24.4 Å². The van der Waals surface area contributed by atoms with E-state index in [1.807, 2.05) is 68.4 Å². The van der Waals surface area contributed by atoms with E-state index in [-0.39, 0.29) is 24.7 Å². The molecule has 0 spiro atoms. The SMILES string of the molecule is CC(C)N(C(=O)COC(=O)c1ccc(OC[C@@H]2CCCO2)cc1)c1ccc(Nc2ccccc2)cc1. The predicted octanol–water partition coefficient (Wildman–Crippen LogP) is 5.59. The Kier molecular flexibility index (Phi) is 8.57.